The largest absolute Gasteiger partial charge is 0.368 e. The van der Waals surface area contributed by atoms with E-state index in [1.807, 2.05) is 26.0 Å². The Morgan fingerprint density at radius 3 is 2.77 bits per heavy atom. The molecule has 0 atom stereocenters. The van der Waals surface area contributed by atoms with Gasteiger partial charge in [-0.2, -0.15) is 5.10 Å². The van der Waals surface area contributed by atoms with Crippen molar-refractivity contribution in [3.05, 3.63) is 48.0 Å². The third-order valence-electron chi connectivity index (χ3n) is 5.21. The van der Waals surface area contributed by atoms with Gasteiger partial charge in [0.2, 0.25) is 0 Å². The van der Waals surface area contributed by atoms with Crippen LogP contribution in [-0.4, -0.2) is 68.8 Å². The minimum Gasteiger partial charge on any atom is -0.368 e. The Kier molecular flexibility index (Phi) is 6.37. The molecule has 0 spiro atoms. The van der Waals surface area contributed by atoms with E-state index in [1.54, 1.807) is 18.6 Å². The molecule has 0 aromatic carbocycles. The van der Waals surface area contributed by atoms with Gasteiger partial charge in [0.1, 0.15) is 5.69 Å². The van der Waals surface area contributed by atoms with Gasteiger partial charge in [0.05, 0.1) is 17.6 Å². The highest BCUT2D eigenvalue weighted by molar-refractivity contribution is 5.88. The number of hydrogen-bond donors (Lipinski definition) is 3. The van der Waals surface area contributed by atoms with E-state index in [4.69, 9.17) is 4.98 Å². The standard InChI is InChI=1S/C21H27N9O/c1-3-22-21(31)27-19-12-16(13-25-28-19)14-29-8-10-30(11-9-29)18-5-4-17(26-15(18)2)20-23-6-7-24-20/h4-7,12-13H,3,8-11,14H2,1-2H3,(H,23,24)(H2,22,27,28,31). The quantitative estimate of drug-likeness (QED) is 0.558. The summed E-state index contributed by atoms with van der Waals surface area (Å²) in [5.74, 6) is 1.24. The summed E-state index contributed by atoms with van der Waals surface area (Å²) < 4.78 is 0. The summed E-state index contributed by atoms with van der Waals surface area (Å²) >= 11 is 0. The van der Waals surface area contributed by atoms with Gasteiger partial charge in [-0.3, -0.25) is 10.2 Å². The van der Waals surface area contributed by atoms with Crippen LogP contribution in [0.3, 0.4) is 0 Å². The molecular weight excluding hydrogens is 394 g/mol. The molecule has 0 bridgehead atoms. The minimum absolute atomic E-state index is 0.274. The first-order chi connectivity index (χ1) is 15.1. The topological polar surface area (TPSA) is 115 Å². The number of aryl methyl sites for hydroxylation is 1. The highest BCUT2D eigenvalue weighted by Gasteiger charge is 2.20. The van der Waals surface area contributed by atoms with Crippen molar-refractivity contribution in [3.63, 3.8) is 0 Å². The summed E-state index contributed by atoms with van der Waals surface area (Å²) in [4.78, 5) is 28.5. The maximum Gasteiger partial charge on any atom is 0.320 e. The van der Waals surface area contributed by atoms with Crippen molar-refractivity contribution in [1.82, 2.24) is 35.4 Å². The van der Waals surface area contributed by atoms with Crippen LogP contribution in [0.4, 0.5) is 16.3 Å². The van der Waals surface area contributed by atoms with E-state index in [0.717, 1.165) is 61.2 Å². The van der Waals surface area contributed by atoms with E-state index < -0.39 is 0 Å². The van der Waals surface area contributed by atoms with Crippen LogP contribution in [0.25, 0.3) is 11.5 Å². The van der Waals surface area contributed by atoms with Crippen molar-refractivity contribution in [2.24, 2.45) is 0 Å². The van der Waals surface area contributed by atoms with Crippen LogP contribution in [0.1, 0.15) is 18.2 Å². The molecule has 2 amide bonds. The van der Waals surface area contributed by atoms with Crippen LogP contribution in [0.15, 0.2) is 36.8 Å². The van der Waals surface area contributed by atoms with Crippen LogP contribution in [0.5, 0.6) is 0 Å². The maximum atomic E-state index is 11.7. The molecule has 3 aromatic rings. The summed E-state index contributed by atoms with van der Waals surface area (Å²) in [6, 6.07) is 5.74. The fourth-order valence-electron chi connectivity index (χ4n) is 3.71. The molecule has 0 radical (unpaired) electrons. The third-order valence-corrected chi connectivity index (χ3v) is 5.21. The maximum absolute atomic E-state index is 11.7. The minimum atomic E-state index is -0.274. The number of piperazine rings is 1. The monoisotopic (exact) mass is 421 g/mol. The lowest BCUT2D eigenvalue weighted by Crippen LogP contribution is -2.46. The van der Waals surface area contributed by atoms with Crippen LogP contribution in [-0.2, 0) is 6.54 Å². The molecule has 31 heavy (non-hydrogen) atoms. The van der Waals surface area contributed by atoms with Crippen molar-refractivity contribution in [2.75, 3.05) is 42.9 Å². The van der Waals surface area contributed by atoms with Gasteiger partial charge in [0.15, 0.2) is 11.6 Å². The average Bonchev–Trinajstić information content (AvgIpc) is 3.30. The molecular formula is C21H27N9O. The van der Waals surface area contributed by atoms with Gasteiger partial charge < -0.3 is 15.2 Å². The number of nitrogens with one attached hydrogen (secondary N) is 3. The van der Waals surface area contributed by atoms with Gasteiger partial charge in [0, 0.05) is 51.7 Å². The van der Waals surface area contributed by atoms with Crippen molar-refractivity contribution < 1.29 is 4.79 Å². The number of nitrogens with zero attached hydrogens (tertiary/aromatic N) is 6. The number of hydrogen-bond acceptors (Lipinski definition) is 7. The molecule has 4 rings (SSSR count). The van der Waals surface area contributed by atoms with E-state index >= 15 is 0 Å². The second kappa shape index (κ2) is 9.52. The average molecular weight is 422 g/mol. The van der Waals surface area contributed by atoms with Crippen LogP contribution in [0.2, 0.25) is 0 Å². The second-order valence-corrected chi connectivity index (χ2v) is 7.44. The molecule has 0 aliphatic carbocycles. The molecule has 1 saturated heterocycles. The number of anilines is 2. The lowest BCUT2D eigenvalue weighted by molar-refractivity contribution is 0.249. The van der Waals surface area contributed by atoms with Crippen molar-refractivity contribution in [1.29, 1.82) is 0 Å². The zero-order chi connectivity index (χ0) is 21.6. The molecule has 0 unspecified atom stereocenters. The van der Waals surface area contributed by atoms with Gasteiger partial charge >= 0.3 is 6.03 Å². The molecule has 1 fully saturated rings. The van der Waals surface area contributed by atoms with Gasteiger partial charge in [-0.1, -0.05) is 0 Å². The Bertz CT molecular complexity index is 1010. The Hall–Kier alpha value is -3.53. The SMILES string of the molecule is CCNC(=O)Nc1cc(CN2CCN(c3ccc(-c4ncc[nH]4)nc3C)CC2)cnn1. The summed E-state index contributed by atoms with van der Waals surface area (Å²) in [6.45, 7) is 8.94. The summed E-state index contributed by atoms with van der Waals surface area (Å²) in [5.41, 5.74) is 4.04. The predicted octanol–water partition coefficient (Wildman–Crippen LogP) is 2.03. The first kappa shape index (κ1) is 20.7. The van der Waals surface area contributed by atoms with E-state index in [9.17, 15) is 4.79 Å². The molecule has 1 aliphatic heterocycles. The highest BCUT2D eigenvalue weighted by atomic mass is 16.2. The van der Waals surface area contributed by atoms with Crippen molar-refractivity contribution >= 4 is 17.5 Å². The first-order valence-electron chi connectivity index (χ1n) is 10.4. The lowest BCUT2D eigenvalue weighted by Gasteiger charge is -2.36. The third kappa shape index (κ3) is 5.15. The van der Waals surface area contributed by atoms with E-state index in [1.165, 1.54) is 0 Å². The molecule has 0 saturated carbocycles. The Balaban J connectivity index is 1.33. The summed E-state index contributed by atoms with van der Waals surface area (Å²) in [7, 11) is 0. The van der Waals surface area contributed by atoms with Gasteiger partial charge in [-0.15, -0.1) is 5.10 Å². The Morgan fingerprint density at radius 1 is 1.23 bits per heavy atom. The molecule has 3 aromatic heterocycles. The van der Waals surface area contributed by atoms with Crippen LogP contribution in [0, 0.1) is 6.92 Å². The van der Waals surface area contributed by atoms with Crippen molar-refractivity contribution in [2.45, 2.75) is 20.4 Å². The molecule has 4 heterocycles. The Morgan fingerprint density at radius 2 is 2.06 bits per heavy atom. The van der Waals surface area contributed by atoms with Crippen molar-refractivity contribution in [3.8, 4) is 11.5 Å². The predicted molar refractivity (Wildman–Crippen MR) is 119 cm³/mol. The molecule has 3 N–H and O–H groups in total. The zero-order valence-electron chi connectivity index (χ0n) is 17.8. The first-order valence-corrected chi connectivity index (χ1v) is 10.4. The number of aromatic nitrogens is 5. The fraction of sp³-hybridized carbons (Fsp3) is 0.381. The number of aromatic amines is 1. The highest BCUT2D eigenvalue weighted by Crippen LogP contribution is 2.23. The van der Waals surface area contributed by atoms with Crippen LogP contribution < -0.4 is 15.5 Å². The number of rotatable bonds is 6. The molecule has 10 nitrogen and oxygen atoms in total. The van der Waals surface area contributed by atoms with Gasteiger partial charge in [-0.05, 0) is 37.6 Å². The Labute approximate surface area is 181 Å². The summed E-state index contributed by atoms with van der Waals surface area (Å²) in [6.07, 6.45) is 5.28. The smallest absolute Gasteiger partial charge is 0.320 e. The van der Waals surface area contributed by atoms with Gasteiger partial charge in [-0.25, -0.2) is 14.8 Å². The van der Waals surface area contributed by atoms with Crippen LogP contribution >= 0.6 is 0 Å². The number of urea groups is 1. The van der Waals surface area contributed by atoms with E-state index in [2.05, 4.69) is 46.7 Å². The normalized spacial score (nSPS) is 14.5. The lowest BCUT2D eigenvalue weighted by atomic mass is 10.2. The number of carbonyl (C=O) groups excluding carboxylic acids is 1. The van der Waals surface area contributed by atoms with E-state index in [0.29, 0.717) is 12.4 Å². The number of amides is 2. The van der Waals surface area contributed by atoms with Gasteiger partial charge in [0.25, 0.3) is 0 Å². The van der Waals surface area contributed by atoms with E-state index in [-0.39, 0.29) is 6.03 Å². The number of carbonyl (C=O) groups is 1. The number of pyridine rings is 1. The second-order valence-electron chi connectivity index (χ2n) is 7.44. The number of H-pyrrole nitrogens is 1. The molecule has 10 heteroatoms. The fourth-order valence-corrected chi connectivity index (χ4v) is 3.71. The summed E-state index contributed by atoms with van der Waals surface area (Å²) in [5, 5.41) is 13.4. The molecule has 1 aliphatic rings. The molecule has 162 valence electrons. The number of imidazole rings is 1. The zero-order valence-corrected chi connectivity index (χ0v) is 17.8.